The number of amides is 3. The molecule has 2 aliphatic carbocycles. The van der Waals surface area contributed by atoms with Gasteiger partial charge in [0.1, 0.15) is 12.4 Å². The fraction of sp³-hybridized carbons (Fsp3) is 0.357. The molecule has 0 spiro atoms. The van der Waals surface area contributed by atoms with Gasteiger partial charge in [0.05, 0.1) is 28.1 Å². The van der Waals surface area contributed by atoms with Gasteiger partial charge in [0, 0.05) is 16.0 Å². The van der Waals surface area contributed by atoms with Gasteiger partial charge < -0.3 is 10.3 Å². The fourth-order valence-electron chi connectivity index (χ4n) is 7.45. The van der Waals surface area contributed by atoms with E-state index in [-0.39, 0.29) is 33.8 Å². The third-order valence-electron chi connectivity index (χ3n) is 8.85. The number of hydrogen-bond acceptors (Lipinski definition) is 6. The lowest BCUT2D eigenvalue weighted by atomic mass is 9.68. The van der Waals surface area contributed by atoms with Crippen LogP contribution in [0.4, 0.5) is 23.2 Å². The van der Waals surface area contributed by atoms with Crippen molar-refractivity contribution in [2.24, 2.45) is 29.6 Å². The van der Waals surface area contributed by atoms with E-state index in [0.717, 1.165) is 43.8 Å². The van der Waals surface area contributed by atoms with Crippen LogP contribution in [0.15, 0.2) is 58.4 Å². The number of fused-ring (bicyclic) bond motifs is 9. The second kappa shape index (κ2) is 9.28. The number of nitrogens with one attached hydrogen (secondary N) is 2. The number of thioether (sulfide) groups is 1. The largest absolute Gasteiger partial charge is 0.418 e. The van der Waals surface area contributed by atoms with Crippen LogP contribution in [0.3, 0.4) is 0 Å². The Labute approximate surface area is 238 Å². The van der Waals surface area contributed by atoms with Gasteiger partial charge in [-0.25, -0.2) is 4.39 Å². The van der Waals surface area contributed by atoms with Gasteiger partial charge in [0.2, 0.25) is 17.7 Å². The molecule has 212 valence electrons. The van der Waals surface area contributed by atoms with Crippen LogP contribution in [0.1, 0.15) is 28.3 Å². The number of thiazole rings is 1. The summed E-state index contributed by atoms with van der Waals surface area (Å²) in [7, 11) is 0. The quantitative estimate of drug-likeness (QED) is 0.333. The SMILES string of the molecule is O=C(CN1C(=O)C2C3CC(C2C1=O)C1C3Sc2[nH]c(=O)sc2[C@@H]1c1ccc(F)cc1)Nc1ccccc1C(F)(F)F. The monoisotopic (exact) mass is 603 g/mol. The molecule has 7 nitrogen and oxygen atoms in total. The standard InChI is InChI=1S/C28H21F4N3O4S2/c29-12-7-5-11(6-8-12)18-19-13-9-14(22(19)40-24-23(18)41-27(39)34-24)21-20(13)25(37)35(26(21)38)10-17(36)33-16-4-2-1-3-15(16)28(30,31)32/h1-8,13-14,18-22H,9-10H2,(H,33,36)(H,34,39)/t13?,14?,18-,19?,20?,21?,22?/m1/s1. The number of likely N-dealkylation sites (tertiary alicyclic amines) is 1. The highest BCUT2D eigenvalue weighted by atomic mass is 32.2. The summed E-state index contributed by atoms with van der Waals surface area (Å²) in [5.74, 6) is -4.35. The Hall–Kier alpha value is -3.45. The van der Waals surface area contributed by atoms with Crippen molar-refractivity contribution >= 4 is 46.5 Å². The molecule has 6 unspecified atom stereocenters. The molecule has 2 saturated carbocycles. The molecule has 41 heavy (non-hydrogen) atoms. The minimum absolute atomic E-state index is 0.0850. The molecule has 3 heterocycles. The van der Waals surface area contributed by atoms with Gasteiger partial charge in [-0.15, -0.1) is 11.8 Å². The minimum atomic E-state index is -4.69. The molecular formula is C28H21F4N3O4S2. The molecule has 2 aromatic carbocycles. The van der Waals surface area contributed by atoms with Crippen molar-refractivity contribution < 1.29 is 31.9 Å². The lowest BCUT2D eigenvalue weighted by Gasteiger charge is -2.43. The predicted molar refractivity (Wildman–Crippen MR) is 142 cm³/mol. The number of rotatable bonds is 4. The van der Waals surface area contributed by atoms with E-state index >= 15 is 0 Å². The number of alkyl halides is 3. The molecule has 3 fully saturated rings. The number of anilines is 1. The maximum Gasteiger partial charge on any atom is 0.418 e. The van der Waals surface area contributed by atoms with Crippen LogP contribution in [0.5, 0.6) is 0 Å². The van der Waals surface area contributed by atoms with E-state index in [0.29, 0.717) is 6.42 Å². The van der Waals surface area contributed by atoms with Gasteiger partial charge >= 0.3 is 11.0 Å². The second-order valence-corrected chi connectivity index (χ2v) is 13.1. The Bertz CT molecular complexity index is 1650. The summed E-state index contributed by atoms with van der Waals surface area (Å²) in [6.45, 7) is -0.680. The zero-order valence-electron chi connectivity index (χ0n) is 21.0. The third-order valence-corrected chi connectivity index (χ3v) is 11.4. The van der Waals surface area contributed by atoms with Gasteiger partial charge in [-0.3, -0.25) is 24.1 Å². The number of carbonyl (C=O) groups excluding carboxylic acids is 3. The maximum absolute atomic E-state index is 13.8. The molecule has 7 rings (SSSR count). The van der Waals surface area contributed by atoms with Crippen molar-refractivity contribution in [1.29, 1.82) is 0 Å². The Kier molecular flexibility index (Phi) is 5.99. The highest BCUT2D eigenvalue weighted by Crippen LogP contribution is 2.68. The minimum Gasteiger partial charge on any atom is -0.324 e. The van der Waals surface area contributed by atoms with Crippen LogP contribution in [-0.2, 0) is 20.6 Å². The van der Waals surface area contributed by atoms with Crippen LogP contribution in [-0.4, -0.2) is 39.4 Å². The van der Waals surface area contributed by atoms with Crippen molar-refractivity contribution in [1.82, 2.24) is 9.88 Å². The average molecular weight is 604 g/mol. The van der Waals surface area contributed by atoms with E-state index < -0.39 is 59.3 Å². The summed E-state index contributed by atoms with van der Waals surface area (Å²) >= 11 is 2.59. The Morgan fingerprint density at radius 3 is 2.39 bits per heavy atom. The smallest absolute Gasteiger partial charge is 0.324 e. The number of halogens is 4. The molecule has 13 heteroatoms. The first-order valence-electron chi connectivity index (χ1n) is 13.0. The summed E-state index contributed by atoms with van der Waals surface area (Å²) in [6.07, 6.45) is -4.06. The Morgan fingerprint density at radius 2 is 1.68 bits per heavy atom. The van der Waals surface area contributed by atoms with E-state index in [1.54, 1.807) is 12.1 Å². The van der Waals surface area contributed by atoms with Crippen molar-refractivity contribution in [2.75, 3.05) is 11.9 Å². The number of imide groups is 1. The predicted octanol–water partition coefficient (Wildman–Crippen LogP) is 4.71. The van der Waals surface area contributed by atoms with E-state index in [9.17, 15) is 36.7 Å². The molecule has 1 aromatic heterocycles. The number of hydrogen-bond donors (Lipinski definition) is 2. The average Bonchev–Trinajstić information content (AvgIpc) is 3.65. The maximum atomic E-state index is 13.8. The summed E-state index contributed by atoms with van der Waals surface area (Å²) < 4.78 is 53.9. The normalized spacial score (nSPS) is 29.9. The number of aromatic amines is 1. The molecular weight excluding hydrogens is 582 g/mol. The second-order valence-electron chi connectivity index (χ2n) is 10.9. The molecule has 0 radical (unpaired) electrons. The number of aromatic nitrogens is 1. The first-order chi connectivity index (χ1) is 19.5. The van der Waals surface area contributed by atoms with E-state index in [1.165, 1.54) is 36.0 Å². The fourth-order valence-corrected chi connectivity index (χ4v) is 10.3. The summed E-state index contributed by atoms with van der Waals surface area (Å²) in [6, 6.07) is 10.6. The van der Waals surface area contributed by atoms with E-state index in [4.69, 9.17) is 0 Å². The zero-order valence-corrected chi connectivity index (χ0v) is 22.6. The number of nitrogens with zero attached hydrogens (tertiary/aromatic N) is 1. The lowest BCUT2D eigenvalue weighted by Crippen LogP contribution is -2.42. The van der Waals surface area contributed by atoms with Crippen LogP contribution >= 0.6 is 23.1 Å². The van der Waals surface area contributed by atoms with Crippen molar-refractivity contribution in [2.45, 2.75) is 28.8 Å². The van der Waals surface area contributed by atoms with Crippen LogP contribution in [0.25, 0.3) is 0 Å². The van der Waals surface area contributed by atoms with Crippen molar-refractivity contribution in [3.8, 4) is 0 Å². The lowest BCUT2D eigenvalue weighted by molar-refractivity contribution is -0.143. The van der Waals surface area contributed by atoms with Crippen LogP contribution in [0, 0.1) is 35.4 Å². The molecule has 7 atom stereocenters. The summed E-state index contributed by atoms with van der Waals surface area (Å²) in [4.78, 5) is 56.7. The molecule has 2 bridgehead atoms. The van der Waals surface area contributed by atoms with E-state index in [2.05, 4.69) is 10.3 Å². The van der Waals surface area contributed by atoms with Crippen LogP contribution < -0.4 is 10.2 Å². The number of para-hydroxylation sites is 1. The topological polar surface area (TPSA) is 99.3 Å². The number of benzene rings is 2. The molecule has 3 amide bonds. The highest BCUT2D eigenvalue weighted by molar-refractivity contribution is 8.00. The van der Waals surface area contributed by atoms with Crippen molar-refractivity contribution in [3.05, 3.63) is 80.0 Å². The summed E-state index contributed by atoms with van der Waals surface area (Å²) in [5, 5.41) is 2.85. The van der Waals surface area contributed by atoms with Gasteiger partial charge in [-0.1, -0.05) is 35.6 Å². The Balaban J connectivity index is 1.17. The first kappa shape index (κ1) is 26.4. The van der Waals surface area contributed by atoms with Crippen molar-refractivity contribution in [3.63, 3.8) is 0 Å². The van der Waals surface area contributed by atoms with Gasteiger partial charge in [-0.05, 0) is 54.0 Å². The number of H-pyrrole nitrogens is 1. The van der Waals surface area contributed by atoms with Gasteiger partial charge in [0.25, 0.3) is 0 Å². The molecule has 2 N–H and O–H groups in total. The van der Waals surface area contributed by atoms with Crippen LogP contribution in [0.2, 0.25) is 0 Å². The molecule has 2 aliphatic heterocycles. The molecule has 4 aliphatic rings. The highest BCUT2D eigenvalue weighted by Gasteiger charge is 2.69. The summed E-state index contributed by atoms with van der Waals surface area (Å²) in [5.41, 5.74) is -0.659. The Morgan fingerprint density at radius 1 is 1.00 bits per heavy atom. The first-order valence-corrected chi connectivity index (χ1v) is 14.7. The third kappa shape index (κ3) is 4.07. The van der Waals surface area contributed by atoms with Gasteiger partial charge in [0.15, 0.2) is 0 Å². The zero-order chi connectivity index (χ0) is 28.8. The molecule has 3 aromatic rings. The molecule has 1 saturated heterocycles. The van der Waals surface area contributed by atoms with E-state index in [1.807, 2.05) is 0 Å². The number of carbonyl (C=O) groups is 3. The van der Waals surface area contributed by atoms with Gasteiger partial charge in [-0.2, -0.15) is 13.2 Å².